The fourth-order valence-corrected chi connectivity index (χ4v) is 5.19. The van der Waals surface area contributed by atoms with Crippen LogP contribution >= 0.6 is 27.5 Å². The third kappa shape index (κ3) is 6.45. The average molecular weight is 650 g/mol. The highest BCUT2D eigenvalue weighted by Gasteiger charge is 2.31. The summed E-state index contributed by atoms with van der Waals surface area (Å²) in [5.74, 6) is -0.0934. The van der Waals surface area contributed by atoms with E-state index in [1.54, 1.807) is 35.2 Å². The Morgan fingerprint density at radius 3 is 2.63 bits per heavy atom. The van der Waals surface area contributed by atoms with Crippen LogP contribution in [0, 0.1) is 0 Å². The lowest BCUT2D eigenvalue weighted by atomic mass is 10.1. The summed E-state index contributed by atoms with van der Waals surface area (Å²) < 4.78 is 52.9. The van der Waals surface area contributed by atoms with Gasteiger partial charge >= 0.3 is 6.18 Å². The van der Waals surface area contributed by atoms with Crippen molar-refractivity contribution in [1.29, 1.82) is 0 Å². The summed E-state index contributed by atoms with van der Waals surface area (Å²) in [4.78, 5) is 32.2. The van der Waals surface area contributed by atoms with Crippen LogP contribution in [0.5, 0.6) is 5.75 Å². The first-order valence-corrected chi connectivity index (χ1v) is 13.5. The van der Waals surface area contributed by atoms with Crippen LogP contribution in [0.3, 0.4) is 0 Å². The zero-order chi connectivity index (χ0) is 29.1. The lowest BCUT2D eigenvalue weighted by Crippen LogP contribution is -2.43. The third-order valence-corrected chi connectivity index (χ3v) is 7.06. The minimum atomic E-state index is -4.60. The monoisotopic (exact) mass is 648 g/mol. The number of fused-ring (bicyclic) bond motifs is 1. The first-order chi connectivity index (χ1) is 19.6. The van der Waals surface area contributed by atoms with E-state index in [0.717, 1.165) is 16.8 Å². The molecule has 212 valence electrons. The van der Waals surface area contributed by atoms with Crippen molar-refractivity contribution < 1.29 is 27.4 Å². The van der Waals surface area contributed by atoms with Crippen molar-refractivity contribution >= 4 is 50.6 Å². The molecule has 1 aromatic heterocycles. The summed E-state index contributed by atoms with van der Waals surface area (Å²) in [5, 5.41) is 4.85. The van der Waals surface area contributed by atoms with Crippen LogP contribution < -0.4 is 10.3 Å². The summed E-state index contributed by atoms with van der Waals surface area (Å²) in [6.45, 7) is 1.52. The summed E-state index contributed by atoms with van der Waals surface area (Å²) in [6.07, 6.45) is -3.32. The quantitative estimate of drug-likeness (QED) is 0.253. The van der Waals surface area contributed by atoms with Crippen LogP contribution in [0.4, 0.5) is 13.2 Å². The molecule has 0 bridgehead atoms. The van der Waals surface area contributed by atoms with Gasteiger partial charge in [0.15, 0.2) is 12.4 Å². The van der Waals surface area contributed by atoms with Gasteiger partial charge in [-0.25, -0.2) is 4.98 Å². The van der Waals surface area contributed by atoms with Gasteiger partial charge in [0.2, 0.25) is 0 Å². The molecule has 0 unspecified atom stereocenters. The summed E-state index contributed by atoms with van der Waals surface area (Å²) in [6, 6.07) is 14.0. The number of halogens is 5. The van der Waals surface area contributed by atoms with Gasteiger partial charge in [0.05, 0.1) is 40.4 Å². The zero-order valence-electron chi connectivity index (χ0n) is 21.2. The lowest BCUT2D eigenvalue weighted by molar-refractivity contribution is -0.138. The van der Waals surface area contributed by atoms with E-state index in [-0.39, 0.29) is 35.0 Å². The molecule has 0 atom stereocenters. The van der Waals surface area contributed by atoms with Crippen molar-refractivity contribution in [2.75, 3.05) is 32.9 Å². The molecule has 3 aromatic carbocycles. The Hall–Kier alpha value is -3.74. The van der Waals surface area contributed by atoms with E-state index in [4.69, 9.17) is 21.1 Å². The van der Waals surface area contributed by atoms with Crippen LogP contribution in [0.2, 0.25) is 5.02 Å². The fraction of sp³-hybridized carbons (Fsp3) is 0.214. The van der Waals surface area contributed by atoms with Gasteiger partial charge in [-0.3, -0.25) is 9.59 Å². The molecule has 0 spiro atoms. The Balaban J connectivity index is 1.57. The van der Waals surface area contributed by atoms with E-state index in [2.05, 4.69) is 26.0 Å². The molecule has 1 amide bonds. The standard InChI is InChI=1S/C28H21BrClF3N4O4/c29-22-14-20(30)13-18(25(22)41-16-24(38)36-8-10-40-11-9-36)15-34-37-26(17-4-3-5-19(12-17)28(31,32)33)35-23-7-2-1-6-21(23)27(37)39/h1-7,12-15H,8-11,16H2. The molecule has 4 aromatic rings. The molecule has 41 heavy (non-hydrogen) atoms. The highest BCUT2D eigenvalue weighted by molar-refractivity contribution is 9.10. The van der Waals surface area contributed by atoms with Crippen molar-refractivity contribution in [3.8, 4) is 17.1 Å². The van der Waals surface area contributed by atoms with Crippen LogP contribution in [0.25, 0.3) is 22.3 Å². The number of hydrogen-bond acceptors (Lipinski definition) is 6. The van der Waals surface area contributed by atoms with Gasteiger partial charge < -0.3 is 14.4 Å². The third-order valence-electron chi connectivity index (χ3n) is 6.26. The molecular formula is C28H21BrClF3N4O4. The van der Waals surface area contributed by atoms with Crippen molar-refractivity contribution in [3.05, 3.63) is 91.6 Å². The molecular weight excluding hydrogens is 629 g/mol. The van der Waals surface area contributed by atoms with Gasteiger partial charge in [-0.2, -0.15) is 22.9 Å². The molecule has 1 aliphatic rings. The maximum atomic E-state index is 13.5. The molecule has 5 rings (SSSR count). The molecule has 0 saturated carbocycles. The maximum absolute atomic E-state index is 13.5. The first-order valence-electron chi connectivity index (χ1n) is 12.3. The fourth-order valence-electron chi connectivity index (χ4n) is 4.24. The van der Waals surface area contributed by atoms with E-state index in [1.165, 1.54) is 24.4 Å². The topological polar surface area (TPSA) is 86.0 Å². The number of rotatable bonds is 6. The molecule has 0 aliphatic carbocycles. The van der Waals surface area contributed by atoms with Crippen LogP contribution in [0.1, 0.15) is 11.1 Å². The van der Waals surface area contributed by atoms with Crippen LogP contribution in [-0.2, 0) is 15.7 Å². The highest BCUT2D eigenvalue weighted by Crippen LogP contribution is 2.33. The minimum Gasteiger partial charge on any atom is -0.482 e. The van der Waals surface area contributed by atoms with Gasteiger partial charge in [0.1, 0.15) is 5.75 Å². The normalized spacial score (nSPS) is 14.1. The van der Waals surface area contributed by atoms with Crippen LogP contribution in [-0.4, -0.2) is 59.6 Å². The largest absolute Gasteiger partial charge is 0.482 e. The number of nitrogens with zero attached hydrogens (tertiary/aromatic N) is 4. The molecule has 0 N–H and O–H groups in total. The second-order valence-electron chi connectivity index (χ2n) is 8.98. The number of ether oxygens (including phenoxy) is 2. The number of aromatic nitrogens is 2. The van der Waals surface area contributed by atoms with Gasteiger partial charge in [0.25, 0.3) is 11.5 Å². The summed E-state index contributed by atoms with van der Waals surface area (Å²) >= 11 is 9.65. The Morgan fingerprint density at radius 1 is 1.12 bits per heavy atom. The Morgan fingerprint density at radius 2 is 1.88 bits per heavy atom. The number of alkyl halides is 3. The summed E-state index contributed by atoms with van der Waals surface area (Å²) in [5.41, 5.74) is -0.834. The Bertz CT molecular complexity index is 1700. The maximum Gasteiger partial charge on any atom is 0.416 e. The molecule has 2 heterocycles. The number of hydrogen-bond donors (Lipinski definition) is 0. The minimum absolute atomic E-state index is 0.0414. The van der Waals surface area contributed by atoms with Gasteiger partial charge in [0, 0.05) is 29.2 Å². The van der Waals surface area contributed by atoms with Crippen LogP contribution in [0.15, 0.2) is 75.0 Å². The van der Waals surface area contributed by atoms with Gasteiger partial charge in [-0.05, 0) is 52.3 Å². The number of morpholine rings is 1. The summed E-state index contributed by atoms with van der Waals surface area (Å²) in [7, 11) is 0. The molecule has 1 fully saturated rings. The SMILES string of the molecule is O=C(COc1c(Br)cc(Cl)cc1C=Nn1c(-c2cccc(C(F)(F)F)c2)nc2ccccc2c1=O)N1CCOCC1. The molecule has 1 aliphatic heterocycles. The number of amides is 1. The van der Waals surface area contributed by atoms with E-state index in [9.17, 15) is 22.8 Å². The van der Waals surface area contributed by atoms with Gasteiger partial charge in [-0.1, -0.05) is 35.9 Å². The van der Waals surface area contributed by atoms with Crippen molar-refractivity contribution in [3.63, 3.8) is 0 Å². The van der Waals surface area contributed by atoms with E-state index >= 15 is 0 Å². The van der Waals surface area contributed by atoms with Gasteiger partial charge in [-0.15, -0.1) is 0 Å². The second-order valence-corrected chi connectivity index (χ2v) is 10.3. The molecule has 0 radical (unpaired) electrons. The van der Waals surface area contributed by atoms with E-state index in [0.29, 0.717) is 46.9 Å². The second kappa shape index (κ2) is 12.0. The number of carbonyl (C=O) groups is 1. The number of benzene rings is 3. The predicted octanol–water partition coefficient (Wildman–Crippen LogP) is 5.62. The number of carbonyl (C=O) groups excluding carboxylic acids is 1. The average Bonchev–Trinajstić information content (AvgIpc) is 2.96. The van der Waals surface area contributed by atoms with Crippen molar-refractivity contribution in [1.82, 2.24) is 14.6 Å². The molecule has 1 saturated heterocycles. The molecule has 13 heteroatoms. The zero-order valence-corrected chi connectivity index (χ0v) is 23.5. The predicted molar refractivity (Wildman–Crippen MR) is 151 cm³/mol. The molecule has 8 nitrogen and oxygen atoms in total. The van der Waals surface area contributed by atoms with Crippen molar-refractivity contribution in [2.45, 2.75) is 6.18 Å². The Kier molecular flexibility index (Phi) is 8.43. The highest BCUT2D eigenvalue weighted by atomic mass is 79.9. The van der Waals surface area contributed by atoms with Crippen molar-refractivity contribution in [2.24, 2.45) is 5.10 Å². The van der Waals surface area contributed by atoms with E-state index < -0.39 is 17.3 Å². The Labute approximate surface area is 245 Å². The lowest BCUT2D eigenvalue weighted by Gasteiger charge is -2.26. The van der Waals surface area contributed by atoms with E-state index in [1.807, 2.05) is 0 Å². The smallest absolute Gasteiger partial charge is 0.416 e. The first kappa shape index (κ1) is 28.8. The number of para-hydroxylation sites is 1.